The number of hydrogen-bond donors (Lipinski definition) is 0. The molecule has 0 atom stereocenters. The number of fused-ring (bicyclic) bond motifs is 1. The van der Waals surface area contributed by atoms with Crippen molar-refractivity contribution in [2.45, 2.75) is 67.2 Å². The van der Waals surface area contributed by atoms with Gasteiger partial charge in [0.2, 0.25) is 0 Å². The third-order valence-electron chi connectivity index (χ3n) is 7.49. The van der Waals surface area contributed by atoms with Gasteiger partial charge in [0.1, 0.15) is 15.2 Å². The van der Waals surface area contributed by atoms with Crippen LogP contribution in [0.15, 0.2) is 69.3 Å². The minimum Gasteiger partial charge on any atom is -0.0775 e. The van der Waals surface area contributed by atoms with Crippen molar-refractivity contribution in [1.29, 1.82) is 0 Å². The molecular formula is C26H34Si2. The molecule has 0 saturated carbocycles. The molecule has 0 fully saturated rings. The summed E-state index contributed by atoms with van der Waals surface area (Å²) in [5.41, 5.74) is 2.76. The van der Waals surface area contributed by atoms with Crippen LogP contribution in [0.5, 0.6) is 0 Å². The SMILES string of the molecule is CCC1=C(CC)[Si]2(c3ccc(C)cc3)C(CC)=C(CC)[Si]12c1ccc(C)cc1. The molecule has 2 aromatic carbocycles. The van der Waals surface area contributed by atoms with Gasteiger partial charge in [-0.15, -0.1) is 0 Å². The van der Waals surface area contributed by atoms with E-state index in [9.17, 15) is 0 Å². The second-order valence-electron chi connectivity index (χ2n) is 8.56. The van der Waals surface area contributed by atoms with Gasteiger partial charge in [0.05, 0.1) is 0 Å². The Morgan fingerprint density at radius 3 is 0.929 bits per heavy atom. The molecule has 0 spiro atoms. The fourth-order valence-electron chi connectivity index (χ4n) is 6.70. The molecule has 146 valence electrons. The summed E-state index contributed by atoms with van der Waals surface area (Å²) >= 11 is 0. The lowest BCUT2D eigenvalue weighted by Crippen LogP contribution is -2.91. The van der Waals surface area contributed by atoms with Crippen LogP contribution in [0.2, 0.25) is 0 Å². The quantitative estimate of drug-likeness (QED) is 0.535. The van der Waals surface area contributed by atoms with Gasteiger partial charge in [-0.2, -0.15) is 0 Å². The monoisotopic (exact) mass is 402 g/mol. The molecular weight excluding hydrogens is 368 g/mol. The smallest absolute Gasteiger partial charge is 0.0775 e. The van der Waals surface area contributed by atoms with E-state index in [0.717, 1.165) is 0 Å². The predicted molar refractivity (Wildman–Crippen MR) is 128 cm³/mol. The highest BCUT2D eigenvalue weighted by Gasteiger charge is 2.76. The van der Waals surface area contributed by atoms with E-state index in [1.807, 2.05) is 20.8 Å². The average molecular weight is 403 g/mol. The first-order valence-electron chi connectivity index (χ1n) is 11.1. The van der Waals surface area contributed by atoms with E-state index in [-0.39, 0.29) is 0 Å². The van der Waals surface area contributed by atoms with Gasteiger partial charge >= 0.3 is 0 Å². The van der Waals surface area contributed by atoms with Gasteiger partial charge in [-0.1, -0.05) is 119 Å². The molecule has 2 aliphatic heterocycles. The number of aryl methyl sites for hydroxylation is 2. The molecule has 0 N–H and O–H groups in total. The van der Waals surface area contributed by atoms with Gasteiger partial charge in [0, 0.05) is 0 Å². The van der Waals surface area contributed by atoms with E-state index in [0.29, 0.717) is 0 Å². The van der Waals surface area contributed by atoms with Gasteiger partial charge in [0.15, 0.2) is 0 Å². The zero-order valence-electron chi connectivity index (χ0n) is 18.4. The Morgan fingerprint density at radius 1 is 0.464 bits per heavy atom. The van der Waals surface area contributed by atoms with Crippen LogP contribution in [-0.4, -0.2) is 15.2 Å². The molecule has 4 rings (SSSR count). The molecule has 0 aliphatic carbocycles. The maximum absolute atomic E-state index is 2.50. The van der Waals surface area contributed by atoms with Crippen LogP contribution in [0.25, 0.3) is 0 Å². The molecule has 2 aliphatic rings. The van der Waals surface area contributed by atoms with E-state index in [1.54, 1.807) is 10.4 Å². The van der Waals surface area contributed by atoms with E-state index >= 15 is 0 Å². The molecule has 0 nitrogen and oxygen atoms in total. The molecule has 0 amide bonds. The first-order chi connectivity index (χ1) is 13.5. The normalized spacial score (nSPS) is 26.1. The summed E-state index contributed by atoms with van der Waals surface area (Å²) < 4.78 is 0. The lowest BCUT2D eigenvalue weighted by molar-refractivity contribution is 1.00. The predicted octanol–water partition coefficient (Wildman–Crippen LogP) is 5.81. The lowest BCUT2D eigenvalue weighted by Gasteiger charge is -2.69. The summed E-state index contributed by atoms with van der Waals surface area (Å²) in [4.78, 5) is 0. The van der Waals surface area contributed by atoms with E-state index in [2.05, 4.69) is 90.1 Å². The highest BCUT2D eigenvalue weighted by atomic mass is 29.3. The van der Waals surface area contributed by atoms with E-state index in [1.165, 1.54) is 36.8 Å². The van der Waals surface area contributed by atoms with E-state index < -0.39 is 15.2 Å². The molecule has 0 saturated heterocycles. The van der Waals surface area contributed by atoms with Gasteiger partial charge in [-0.05, 0) is 39.5 Å². The maximum Gasteiger partial charge on any atom is 0.145 e. The first-order valence-corrected chi connectivity index (χ1v) is 16.1. The number of hydrogen-bond acceptors (Lipinski definition) is 0. The number of rotatable bonds is 6. The van der Waals surface area contributed by atoms with Crippen LogP contribution in [0.4, 0.5) is 0 Å². The van der Waals surface area contributed by atoms with Crippen LogP contribution in [0.1, 0.15) is 64.5 Å². The molecule has 2 heterocycles. The zero-order chi connectivity index (χ0) is 20.1. The van der Waals surface area contributed by atoms with Crippen molar-refractivity contribution in [3.8, 4) is 0 Å². The second kappa shape index (κ2) is 7.00. The maximum atomic E-state index is 2.50. The summed E-state index contributed by atoms with van der Waals surface area (Å²) in [7, 11) is -3.51. The van der Waals surface area contributed by atoms with Crippen molar-refractivity contribution in [2.24, 2.45) is 0 Å². The molecule has 0 unspecified atom stereocenters. The largest absolute Gasteiger partial charge is 0.145 e. The van der Waals surface area contributed by atoms with Crippen molar-refractivity contribution >= 4 is 25.6 Å². The molecule has 2 heteroatoms. The van der Waals surface area contributed by atoms with Crippen molar-refractivity contribution in [3.05, 3.63) is 80.4 Å². The molecule has 0 bridgehead atoms. The summed E-state index contributed by atoms with van der Waals surface area (Å²) in [6.45, 7) is 14.1. The van der Waals surface area contributed by atoms with Crippen molar-refractivity contribution in [3.63, 3.8) is 0 Å². The Balaban J connectivity index is 2.09. The topological polar surface area (TPSA) is 0 Å². The highest BCUT2D eigenvalue weighted by Crippen LogP contribution is 2.62. The van der Waals surface area contributed by atoms with Crippen molar-refractivity contribution in [1.82, 2.24) is 0 Å². The highest BCUT2D eigenvalue weighted by molar-refractivity contribution is 7.68. The van der Waals surface area contributed by atoms with Crippen molar-refractivity contribution < 1.29 is 0 Å². The Bertz CT molecular complexity index is 849. The van der Waals surface area contributed by atoms with Gasteiger partial charge in [-0.3, -0.25) is 0 Å². The lowest BCUT2D eigenvalue weighted by atomic mass is 10.2. The zero-order valence-corrected chi connectivity index (χ0v) is 20.4. The summed E-state index contributed by atoms with van der Waals surface area (Å²) in [5.74, 6) is 0. The average Bonchev–Trinajstić information content (AvgIpc) is 2.70. The number of allylic oxidation sites excluding steroid dienone is 4. The van der Waals surface area contributed by atoms with Crippen LogP contribution in [-0.2, 0) is 0 Å². The third kappa shape index (κ3) is 2.11. The number of benzene rings is 2. The summed E-state index contributed by atoms with van der Waals surface area (Å²) in [6.07, 6.45) is 4.96. The van der Waals surface area contributed by atoms with E-state index in [4.69, 9.17) is 0 Å². The third-order valence-corrected chi connectivity index (χ3v) is 26.5. The molecule has 28 heavy (non-hydrogen) atoms. The Kier molecular flexibility index (Phi) is 4.91. The minimum absolute atomic E-state index is 1.24. The Labute approximate surface area is 173 Å². The fourth-order valence-corrected chi connectivity index (χ4v) is 30.9. The first kappa shape index (κ1) is 19.7. The van der Waals surface area contributed by atoms with Crippen LogP contribution in [0.3, 0.4) is 0 Å². The van der Waals surface area contributed by atoms with Gasteiger partial charge < -0.3 is 0 Å². The van der Waals surface area contributed by atoms with Gasteiger partial charge in [0.25, 0.3) is 0 Å². The standard InChI is InChI=1S/C26H34Si2/c1-7-23-24(8-2)28(22-17-13-20(6)14-18-22)26(10-4)25(9-3)27(23,28)21-15-11-19(5)12-16-21/h11-18H,7-10H2,1-6H3. The molecule has 0 radical (unpaired) electrons. The van der Waals surface area contributed by atoms with Crippen LogP contribution < -0.4 is 10.4 Å². The van der Waals surface area contributed by atoms with Gasteiger partial charge in [-0.25, -0.2) is 0 Å². The Morgan fingerprint density at radius 2 is 0.714 bits per heavy atom. The Hall–Kier alpha value is -1.65. The second-order valence-corrected chi connectivity index (χ2v) is 19.6. The summed E-state index contributed by atoms with van der Waals surface area (Å²) in [6, 6.07) is 19.5. The molecule has 2 aromatic rings. The summed E-state index contributed by atoms with van der Waals surface area (Å²) in [5, 5.41) is 11.0. The fraction of sp³-hybridized carbons (Fsp3) is 0.385. The van der Waals surface area contributed by atoms with Crippen LogP contribution >= 0.6 is 0 Å². The molecule has 0 aromatic heterocycles. The minimum atomic E-state index is -1.76. The van der Waals surface area contributed by atoms with Crippen LogP contribution in [0, 0.1) is 13.8 Å². The van der Waals surface area contributed by atoms with Crippen molar-refractivity contribution in [2.75, 3.05) is 0 Å².